The summed E-state index contributed by atoms with van der Waals surface area (Å²) in [6, 6.07) is 4.24. The van der Waals surface area contributed by atoms with Gasteiger partial charge >= 0.3 is 0 Å². The van der Waals surface area contributed by atoms with Crippen LogP contribution in [-0.4, -0.2) is 62.7 Å². The number of likely N-dealkylation sites (tertiary alicyclic amines) is 1. The molecule has 3 aromatic rings. The van der Waals surface area contributed by atoms with Crippen LogP contribution in [0.1, 0.15) is 42.8 Å². The van der Waals surface area contributed by atoms with Crippen molar-refractivity contribution in [2.75, 3.05) is 43.1 Å². The third kappa shape index (κ3) is 3.96. The van der Waals surface area contributed by atoms with Crippen LogP contribution in [0.25, 0.3) is 5.52 Å². The fraction of sp³-hybridized carbons (Fsp3) is 0.476. The second-order valence-electron chi connectivity index (χ2n) is 8.19. The van der Waals surface area contributed by atoms with Crippen LogP contribution in [0, 0.1) is 18.3 Å². The molecule has 1 fully saturated rings. The van der Waals surface area contributed by atoms with Gasteiger partial charge in [-0.25, -0.2) is 19.5 Å². The summed E-state index contributed by atoms with van der Waals surface area (Å²) in [5.41, 5.74) is 8.19. The lowest BCUT2D eigenvalue weighted by Crippen LogP contribution is -2.42. The third-order valence-electron chi connectivity index (χ3n) is 6.01. The Morgan fingerprint density at radius 1 is 1.32 bits per heavy atom. The van der Waals surface area contributed by atoms with Crippen molar-refractivity contribution in [2.24, 2.45) is 0 Å². The van der Waals surface area contributed by atoms with Crippen LogP contribution in [0.5, 0.6) is 0 Å². The van der Waals surface area contributed by atoms with Gasteiger partial charge in [0.05, 0.1) is 6.04 Å². The number of hydrogen-bond donors (Lipinski definition) is 2. The zero-order valence-corrected chi connectivity index (χ0v) is 18.4. The third-order valence-corrected chi connectivity index (χ3v) is 6.01. The Balaban J connectivity index is 1.69. The fourth-order valence-electron chi connectivity index (χ4n) is 4.05. The molecule has 1 aliphatic heterocycles. The first-order valence-electron chi connectivity index (χ1n) is 10.4. The number of nitrogens with one attached hydrogen (secondary N) is 1. The highest BCUT2D eigenvalue weighted by atomic mass is 15.3. The van der Waals surface area contributed by atoms with E-state index >= 15 is 0 Å². The van der Waals surface area contributed by atoms with Gasteiger partial charge in [-0.1, -0.05) is 0 Å². The van der Waals surface area contributed by atoms with Crippen LogP contribution in [0.15, 0.2) is 18.6 Å². The molecule has 10 heteroatoms. The summed E-state index contributed by atoms with van der Waals surface area (Å²) in [5.74, 6) is 2.05. The monoisotopic (exact) mass is 420 g/mol. The highest BCUT2D eigenvalue weighted by Gasteiger charge is 2.25. The van der Waals surface area contributed by atoms with E-state index in [1.54, 1.807) is 0 Å². The number of nitriles is 1. The number of rotatable bonds is 5. The van der Waals surface area contributed by atoms with Crippen LogP contribution in [0.2, 0.25) is 0 Å². The smallest absolute Gasteiger partial charge is 0.173 e. The molecule has 4 rings (SSSR count). The van der Waals surface area contributed by atoms with Gasteiger partial charge in [-0.2, -0.15) is 10.4 Å². The average molecular weight is 421 g/mol. The van der Waals surface area contributed by atoms with E-state index in [1.165, 1.54) is 6.33 Å². The molecule has 0 bridgehead atoms. The normalized spacial score (nSPS) is 16.2. The van der Waals surface area contributed by atoms with E-state index in [2.05, 4.69) is 58.2 Å². The van der Waals surface area contributed by atoms with Gasteiger partial charge < -0.3 is 20.9 Å². The first kappa shape index (κ1) is 20.8. The Kier molecular flexibility index (Phi) is 5.61. The number of aryl methyl sites for hydroxylation is 1. The summed E-state index contributed by atoms with van der Waals surface area (Å²) in [5, 5.41) is 17.4. The van der Waals surface area contributed by atoms with Gasteiger partial charge in [0.25, 0.3) is 0 Å². The van der Waals surface area contributed by atoms with Crippen molar-refractivity contribution in [1.82, 2.24) is 29.5 Å². The number of aromatic nitrogens is 5. The predicted octanol–water partition coefficient (Wildman–Crippen LogP) is 1.99. The lowest BCUT2D eigenvalue weighted by Gasteiger charge is -2.36. The maximum atomic E-state index is 9.41. The van der Waals surface area contributed by atoms with Crippen LogP contribution in [0.4, 0.5) is 17.5 Å². The van der Waals surface area contributed by atoms with Crippen molar-refractivity contribution in [3.8, 4) is 6.07 Å². The Hall–Kier alpha value is -3.45. The molecule has 1 aliphatic rings. The Labute approximate surface area is 181 Å². The Morgan fingerprint density at radius 3 is 2.77 bits per heavy atom. The van der Waals surface area contributed by atoms with Crippen LogP contribution in [0.3, 0.4) is 0 Å². The highest BCUT2D eigenvalue weighted by molar-refractivity contribution is 5.73. The first-order chi connectivity index (χ1) is 14.9. The quantitative estimate of drug-likeness (QED) is 0.637. The fourth-order valence-corrected chi connectivity index (χ4v) is 4.05. The molecule has 3 N–H and O–H groups in total. The number of nitrogens with zero attached hydrogens (tertiary/aromatic N) is 8. The SMILES string of the molecule is Cc1ccn2nc([C@H](C)Nc3ncnc(N)c3C#N)nc(N(C)C3CCN(C)CC3)c12. The molecule has 0 spiro atoms. The number of nitrogen functional groups attached to an aromatic ring is 1. The lowest BCUT2D eigenvalue weighted by molar-refractivity contribution is 0.252. The molecule has 162 valence electrons. The van der Waals surface area contributed by atoms with Gasteiger partial charge in [-0.3, -0.25) is 0 Å². The lowest BCUT2D eigenvalue weighted by atomic mass is 10.0. The van der Waals surface area contributed by atoms with Crippen molar-refractivity contribution in [1.29, 1.82) is 5.26 Å². The van der Waals surface area contributed by atoms with Gasteiger partial charge in [0.15, 0.2) is 11.6 Å². The van der Waals surface area contributed by atoms with Crippen molar-refractivity contribution in [2.45, 2.75) is 38.8 Å². The molecule has 3 aromatic heterocycles. The first-order valence-corrected chi connectivity index (χ1v) is 10.4. The molecular formula is C21H28N10. The van der Waals surface area contributed by atoms with Crippen LogP contribution >= 0.6 is 0 Å². The van der Waals surface area contributed by atoms with Gasteiger partial charge in [0.1, 0.15) is 35.1 Å². The molecule has 0 unspecified atom stereocenters. The largest absolute Gasteiger partial charge is 0.382 e. The number of hydrogen-bond acceptors (Lipinski definition) is 9. The Morgan fingerprint density at radius 2 is 2.06 bits per heavy atom. The summed E-state index contributed by atoms with van der Waals surface area (Å²) in [7, 11) is 4.28. The van der Waals surface area contributed by atoms with Crippen LogP contribution < -0.4 is 16.0 Å². The number of anilines is 3. The van der Waals surface area contributed by atoms with E-state index < -0.39 is 0 Å². The minimum absolute atomic E-state index is 0.146. The van der Waals surface area contributed by atoms with E-state index in [0.717, 1.165) is 42.8 Å². The topological polar surface area (TPSA) is 124 Å². The predicted molar refractivity (Wildman–Crippen MR) is 120 cm³/mol. The maximum Gasteiger partial charge on any atom is 0.173 e. The second kappa shape index (κ2) is 8.35. The summed E-state index contributed by atoms with van der Waals surface area (Å²) in [6.45, 7) is 6.17. The van der Waals surface area contributed by atoms with Crippen molar-refractivity contribution >= 4 is 23.0 Å². The number of piperidine rings is 1. The molecule has 1 saturated heterocycles. The molecule has 0 amide bonds. The molecule has 0 radical (unpaired) electrons. The molecule has 4 heterocycles. The molecule has 0 saturated carbocycles. The van der Waals surface area contributed by atoms with Gasteiger partial charge in [0, 0.05) is 19.3 Å². The van der Waals surface area contributed by atoms with Crippen molar-refractivity contribution in [3.63, 3.8) is 0 Å². The minimum Gasteiger partial charge on any atom is -0.382 e. The van der Waals surface area contributed by atoms with E-state index in [0.29, 0.717) is 17.7 Å². The highest BCUT2D eigenvalue weighted by Crippen LogP contribution is 2.29. The Bertz CT molecular complexity index is 1120. The molecule has 10 nitrogen and oxygen atoms in total. The zero-order valence-electron chi connectivity index (χ0n) is 18.4. The molecule has 31 heavy (non-hydrogen) atoms. The summed E-state index contributed by atoms with van der Waals surface area (Å²) >= 11 is 0. The average Bonchev–Trinajstić information content (AvgIpc) is 3.14. The molecule has 1 atom stereocenters. The number of fused-ring (bicyclic) bond motifs is 1. The second-order valence-corrected chi connectivity index (χ2v) is 8.19. The van der Waals surface area contributed by atoms with Gasteiger partial charge in [-0.05, 0) is 58.5 Å². The zero-order chi connectivity index (χ0) is 22.1. The van der Waals surface area contributed by atoms with E-state index in [4.69, 9.17) is 15.8 Å². The van der Waals surface area contributed by atoms with Crippen molar-refractivity contribution in [3.05, 3.63) is 35.5 Å². The van der Waals surface area contributed by atoms with Gasteiger partial charge in [0.2, 0.25) is 0 Å². The summed E-state index contributed by atoms with van der Waals surface area (Å²) in [6.07, 6.45) is 5.48. The number of nitrogens with two attached hydrogens (primary N) is 1. The van der Waals surface area contributed by atoms with E-state index in [-0.39, 0.29) is 17.4 Å². The standard InChI is InChI=1S/C21H28N10/c1-13-5-10-31-17(13)21(30(4)15-6-8-29(3)9-7-15)27-19(28-31)14(2)26-20-16(11-22)18(23)24-12-25-20/h5,10,12,14-15H,6-9H2,1-4H3,(H3,23,24,25,26)/t14-/m0/s1. The van der Waals surface area contributed by atoms with E-state index in [1.807, 2.05) is 17.6 Å². The van der Waals surface area contributed by atoms with Crippen LogP contribution in [-0.2, 0) is 0 Å². The van der Waals surface area contributed by atoms with E-state index in [9.17, 15) is 5.26 Å². The molecular weight excluding hydrogens is 392 g/mol. The maximum absolute atomic E-state index is 9.41. The van der Waals surface area contributed by atoms with Gasteiger partial charge in [-0.15, -0.1) is 0 Å². The molecule has 0 aliphatic carbocycles. The molecule has 0 aromatic carbocycles. The summed E-state index contributed by atoms with van der Waals surface area (Å²) in [4.78, 5) is 17.7. The van der Waals surface area contributed by atoms with Crippen molar-refractivity contribution < 1.29 is 0 Å². The summed E-state index contributed by atoms with van der Waals surface area (Å²) < 4.78 is 1.89. The minimum atomic E-state index is -0.293.